The van der Waals surface area contributed by atoms with Crippen molar-refractivity contribution in [2.45, 2.75) is 70.6 Å². The van der Waals surface area contributed by atoms with Crippen LogP contribution in [-0.4, -0.2) is 62.8 Å². The molecule has 230 valence electrons. The molecule has 43 heavy (non-hydrogen) atoms. The number of amides is 1. The van der Waals surface area contributed by atoms with Crippen molar-refractivity contribution in [3.05, 3.63) is 53.4 Å². The minimum atomic E-state index is -0.283. The Morgan fingerprint density at radius 1 is 0.977 bits per heavy atom. The maximum Gasteiger partial charge on any atom is 0.310 e. The third-order valence-electron chi connectivity index (χ3n) is 9.48. The molecule has 1 saturated heterocycles. The summed E-state index contributed by atoms with van der Waals surface area (Å²) in [5.41, 5.74) is 2.96. The molecule has 0 radical (unpaired) electrons. The standard InChI is InChI=1S/C35H45N3O4S/c1-35(2)24-33(39)38(25-42-34(40)26-9-4-3-5-10-26)31-23-27(13-14-29(31)35)41-21-7-6-16-36-17-19-37(20-18-36)30-11-8-12-32-28(30)15-22-43-32/h8,11-15,22-23,26H,3-7,9-10,16-21,24-25H2,1-2H3. The van der Waals surface area contributed by atoms with E-state index in [9.17, 15) is 9.59 Å². The van der Waals surface area contributed by atoms with Gasteiger partial charge in [0.25, 0.3) is 0 Å². The predicted molar refractivity (Wildman–Crippen MR) is 174 cm³/mol. The molecule has 3 aliphatic rings. The van der Waals surface area contributed by atoms with Gasteiger partial charge in [0.05, 0.1) is 18.2 Å². The Labute approximate surface area is 259 Å². The van der Waals surface area contributed by atoms with Crippen LogP contribution in [0, 0.1) is 5.92 Å². The van der Waals surface area contributed by atoms with E-state index in [0.717, 1.165) is 88.2 Å². The van der Waals surface area contributed by atoms with Crippen molar-refractivity contribution in [3.8, 4) is 5.75 Å². The van der Waals surface area contributed by atoms with Crippen LogP contribution in [0.3, 0.4) is 0 Å². The van der Waals surface area contributed by atoms with E-state index in [2.05, 4.69) is 59.4 Å². The van der Waals surface area contributed by atoms with Crippen molar-refractivity contribution in [2.24, 2.45) is 5.92 Å². The Morgan fingerprint density at radius 2 is 1.79 bits per heavy atom. The van der Waals surface area contributed by atoms with Gasteiger partial charge >= 0.3 is 5.97 Å². The number of carbonyl (C=O) groups excluding carboxylic acids is 2. The fourth-order valence-corrected chi connectivity index (χ4v) is 7.73. The molecule has 3 aromatic rings. The third-order valence-corrected chi connectivity index (χ3v) is 10.4. The van der Waals surface area contributed by atoms with Crippen molar-refractivity contribution in [2.75, 3.05) is 55.9 Å². The van der Waals surface area contributed by atoms with Crippen LogP contribution in [0.5, 0.6) is 5.75 Å². The average molecular weight is 604 g/mol. The highest BCUT2D eigenvalue weighted by atomic mass is 32.1. The minimum Gasteiger partial charge on any atom is -0.494 e. The SMILES string of the molecule is CC1(C)CC(=O)N(COC(=O)C2CCCCC2)c2cc(OCCCCN3CCN(c4cccc5sccc45)CC3)ccc21. The van der Waals surface area contributed by atoms with Gasteiger partial charge < -0.3 is 14.4 Å². The minimum absolute atomic E-state index is 0.0156. The van der Waals surface area contributed by atoms with Gasteiger partial charge in [-0.05, 0) is 67.4 Å². The zero-order valence-corrected chi connectivity index (χ0v) is 26.5. The van der Waals surface area contributed by atoms with E-state index in [1.165, 1.54) is 22.2 Å². The van der Waals surface area contributed by atoms with Gasteiger partial charge in [-0.3, -0.25) is 19.4 Å². The molecule has 1 aliphatic carbocycles. The predicted octanol–water partition coefficient (Wildman–Crippen LogP) is 6.98. The van der Waals surface area contributed by atoms with E-state index in [1.807, 2.05) is 23.5 Å². The van der Waals surface area contributed by atoms with Crippen LogP contribution in [0.25, 0.3) is 10.1 Å². The van der Waals surface area contributed by atoms with Crippen LogP contribution in [0.4, 0.5) is 11.4 Å². The molecule has 0 unspecified atom stereocenters. The van der Waals surface area contributed by atoms with Crippen molar-refractivity contribution in [1.82, 2.24) is 4.90 Å². The maximum absolute atomic E-state index is 13.2. The molecule has 0 N–H and O–H groups in total. The average Bonchev–Trinajstić information content (AvgIpc) is 3.50. The summed E-state index contributed by atoms with van der Waals surface area (Å²) in [4.78, 5) is 32.6. The van der Waals surface area contributed by atoms with Crippen LogP contribution in [0.1, 0.15) is 70.8 Å². The fourth-order valence-electron chi connectivity index (χ4n) is 6.92. The molecule has 7 nitrogen and oxygen atoms in total. The summed E-state index contributed by atoms with van der Waals surface area (Å²) in [7, 11) is 0. The van der Waals surface area contributed by atoms with Gasteiger partial charge in [0.1, 0.15) is 5.75 Å². The lowest BCUT2D eigenvalue weighted by Crippen LogP contribution is -2.46. The van der Waals surface area contributed by atoms with Gasteiger partial charge in [0.2, 0.25) is 5.91 Å². The fraction of sp³-hybridized carbons (Fsp3) is 0.543. The van der Waals surface area contributed by atoms with Crippen LogP contribution in [0.2, 0.25) is 0 Å². The van der Waals surface area contributed by atoms with Crippen molar-refractivity contribution in [3.63, 3.8) is 0 Å². The van der Waals surface area contributed by atoms with Gasteiger partial charge in [-0.2, -0.15) is 0 Å². The second-order valence-corrected chi connectivity index (χ2v) is 13.9. The number of esters is 1. The smallest absolute Gasteiger partial charge is 0.310 e. The van der Waals surface area contributed by atoms with Gasteiger partial charge in [0.15, 0.2) is 6.73 Å². The number of hydrogen-bond acceptors (Lipinski definition) is 7. The lowest BCUT2D eigenvalue weighted by Gasteiger charge is -2.38. The molecule has 6 rings (SSSR count). The molecule has 8 heteroatoms. The number of thiophene rings is 1. The van der Waals surface area contributed by atoms with E-state index >= 15 is 0 Å². The van der Waals surface area contributed by atoms with Gasteiger partial charge in [-0.15, -0.1) is 11.3 Å². The normalized spacial score (nSPS) is 19.4. The van der Waals surface area contributed by atoms with Gasteiger partial charge in [-0.1, -0.05) is 45.2 Å². The first kappa shape index (κ1) is 29.9. The molecule has 0 atom stereocenters. The largest absolute Gasteiger partial charge is 0.494 e. The van der Waals surface area contributed by atoms with E-state index in [4.69, 9.17) is 9.47 Å². The topological polar surface area (TPSA) is 62.3 Å². The van der Waals surface area contributed by atoms with E-state index in [-0.39, 0.29) is 29.9 Å². The van der Waals surface area contributed by atoms with E-state index in [1.54, 1.807) is 4.90 Å². The van der Waals surface area contributed by atoms with Crippen LogP contribution < -0.4 is 14.5 Å². The van der Waals surface area contributed by atoms with Crippen LogP contribution >= 0.6 is 11.3 Å². The lowest BCUT2D eigenvalue weighted by atomic mass is 9.77. The quantitative estimate of drug-likeness (QED) is 0.184. The summed E-state index contributed by atoms with van der Waals surface area (Å²) in [5, 5.41) is 3.55. The number of ether oxygens (including phenoxy) is 2. The second-order valence-electron chi connectivity index (χ2n) is 13.0. The monoisotopic (exact) mass is 603 g/mol. The summed E-state index contributed by atoms with van der Waals surface area (Å²) in [6.45, 7) is 10.1. The number of unbranched alkanes of at least 4 members (excludes halogenated alkanes) is 1. The van der Waals surface area contributed by atoms with Gasteiger partial charge in [-0.25, -0.2) is 0 Å². The number of hydrogen-bond donors (Lipinski definition) is 0. The number of nitrogens with zero attached hydrogens (tertiary/aromatic N) is 3. The molecule has 0 bridgehead atoms. The Kier molecular flexibility index (Phi) is 9.24. The Bertz CT molecular complexity index is 1420. The Hall–Kier alpha value is -3.10. The molecule has 2 aromatic carbocycles. The molecular formula is C35H45N3O4S. The van der Waals surface area contributed by atoms with E-state index in [0.29, 0.717) is 13.0 Å². The Balaban J connectivity index is 0.980. The first-order valence-corrected chi connectivity index (χ1v) is 16.9. The molecule has 2 fully saturated rings. The first-order valence-electron chi connectivity index (χ1n) is 16.1. The molecule has 1 saturated carbocycles. The van der Waals surface area contributed by atoms with Gasteiger partial charge in [0, 0.05) is 59.9 Å². The van der Waals surface area contributed by atoms with Crippen LogP contribution in [-0.2, 0) is 19.7 Å². The molecule has 2 aliphatic heterocycles. The number of fused-ring (bicyclic) bond motifs is 2. The number of piperazine rings is 1. The number of anilines is 2. The summed E-state index contributed by atoms with van der Waals surface area (Å²) in [6.07, 6.45) is 7.55. The summed E-state index contributed by atoms with van der Waals surface area (Å²) < 4.78 is 13.2. The maximum atomic E-state index is 13.2. The first-order chi connectivity index (χ1) is 20.9. The highest BCUT2D eigenvalue weighted by Crippen LogP contribution is 2.42. The molecule has 3 heterocycles. The number of benzene rings is 2. The third kappa shape index (κ3) is 6.86. The number of rotatable bonds is 10. The summed E-state index contributed by atoms with van der Waals surface area (Å²) in [5.74, 6) is 0.527. The van der Waals surface area contributed by atoms with Crippen molar-refractivity contribution >= 4 is 44.7 Å². The highest BCUT2D eigenvalue weighted by Gasteiger charge is 2.37. The molecular weight excluding hydrogens is 558 g/mol. The van der Waals surface area contributed by atoms with E-state index < -0.39 is 0 Å². The molecule has 0 spiro atoms. The lowest BCUT2D eigenvalue weighted by molar-refractivity contribution is -0.150. The second kappa shape index (κ2) is 13.3. The van der Waals surface area contributed by atoms with Crippen molar-refractivity contribution < 1.29 is 19.1 Å². The highest BCUT2D eigenvalue weighted by molar-refractivity contribution is 7.17. The van der Waals surface area contributed by atoms with Crippen LogP contribution in [0.15, 0.2) is 47.8 Å². The molecule has 1 amide bonds. The molecule has 1 aromatic heterocycles. The van der Waals surface area contributed by atoms with Crippen molar-refractivity contribution in [1.29, 1.82) is 0 Å². The zero-order chi connectivity index (χ0) is 29.8. The zero-order valence-electron chi connectivity index (χ0n) is 25.7. The number of carbonyl (C=O) groups is 2. The summed E-state index contributed by atoms with van der Waals surface area (Å²) >= 11 is 1.81. The Morgan fingerprint density at radius 3 is 2.60 bits per heavy atom. The summed E-state index contributed by atoms with van der Waals surface area (Å²) in [6, 6.07) is 14.9.